The molecule has 0 radical (unpaired) electrons. The molecule has 0 aromatic heterocycles. The predicted molar refractivity (Wildman–Crippen MR) is 134 cm³/mol. The monoisotopic (exact) mass is 493 g/mol. The minimum Gasteiger partial charge on any atom is -0.508 e. The third kappa shape index (κ3) is 4.63. The summed E-state index contributed by atoms with van der Waals surface area (Å²) in [5, 5.41) is 19.6. The van der Waals surface area contributed by atoms with Crippen molar-refractivity contribution < 1.29 is 28.5 Å². The van der Waals surface area contributed by atoms with Crippen LogP contribution in [0.2, 0.25) is 0 Å². The molecule has 1 saturated heterocycles. The van der Waals surface area contributed by atoms with Crippen molar-refractivity contribution in [2.75, 3.05) is 26.2 Å². The molecule has 0 saturated carbocycles. The molecule has 2 aliphatic rings. The average Bonchev–Trinajstić information content (AvgIpc) is 3.28. The van der Waals surface area contributed by atoms with Crippen molar-refractivity contribution in [3.05, 3.63) is 82.9 Å². The summed E-state index contributed by atoms with van der Waals surface area (Å²) in [5.74, 6) is -1.27. The fourth-order valence-electron chi connectivity index (χ4n) is 5.03. The van der Waals surface area contributed by atoms with Gasteiger partial charge in [0.15, 0.2) is 11.6 Å². The highest BCUT2D eigenvalue weighted by Crippen LogP contribution is 2.48. The molecule has 7 heteroatoms. The maximum absolute atomic E-state index is 15.0. The van der Waals surface area contributed by atoms with E-state index >= 15 is 4.39 Å². The van der Waals surface area contributed by atoms with Crippen LogP contribution >= 0.6 is 0 Å². The first-order valence-electron chi connectivity index (χ1n) is 12.1. The first kappa shape index (κ1) is 24.1. The summed E-state index contributed by atoms with van der Waals surface area (Å²) in [7, 11) is 0. The van der Waals surface area contributed by atoms with Gasteiger partial charge in [-0.15, -0.1) is 0 Å². The molecule has 188 valence electrons. The lowest BCUT2D eigenvalue weighted by Crippen LogP contribution is -2.25. The van der Waals surface area contributed by atoms with E-state index in [0.29, 0.717) is 40.4 Å². The Bertz CT molecular complexity index is 1310. The van der Waals surface area contributed by atoms with Crippen LogP contribution < -0.4 is 9.47 Å². The van der Waals surface area contributed by atoms with Crippen molar-refractivity contribution in [2.45, 2.75) is 26.4 Å². The number of hydrogen-bond acceptors (Lipinski definition) is 5. The number of rotatable bonds is 6. The van der Waals surface area contributed by atoms with E-state index in [9.17, 15) is 14.6 Å². The molecule has 0 bridgehead atoms. The van der Waals surface area contributed by atoms with Gasteiger partial charge in [0, 0.05) is 35.9 Å². The zero-order valence-corrected chi connectivity index (χ0v) is 20.3. The third-order valence-corrected chi connectivity index (χ3v) is 7.00. The standard InChI is InChI=1S/C29H29F2NO4/c1-17-11-12-32(16-17)13-14-35-21-6-3-19(4-7-21)29-26(23-9-10-24(34)28(31)27(23)30)18(2)22-8-5-20(33)15-25(22)36-29/h3-10,15,17,29,33-34H,11-14,16H2,1-2H3/t17-,29?/m1/s1. The smallest absolute Gasteiger partial charge is 0.200 e. The molecule has 36 heavy (non-hydrogen) atoms. The van der Waals surface area contributed by atoms with Gasteiger partial charge in [0.25, 0.3) is 0 Å². The molecule has 2 heterocycles. The van der Waals surface area contributed by atoms with Crippen molar-refractivity contribution in [3.8, 4) is 23.0 Å². The van der Waals surface area contributed by atoms with Crippen LogP contribution in [-0.4, -0.2) is 41.4 Å². The lowest BCUT2D eigenvalue weighted by Gasteiger charge is -2.31. The van der Waals surface area contributed by atoms with Gasteiger partial charge >= 0.3 is 0 Å². The van der Waals surface area contributed by atoms with E-state index in [1.165, 1.54) is 24.6 Å². The summed E-state index contributed by atoms with van der Waals surface area (Å²) in [6, 6.07) is 14.6. The summed E-state index contributed by atoms with van der Waals surface area (Å²) in [4.78, 5) is 2.40. The number of fused-ring (bicyclic) bond motifs is 1. The summed E-state index contributed by atoms with van der Waals surface area (Å²) >= 11 is 0. The maximum Gasteiger partial charge on any atom is 0.200 e. The summed E-state index contributed by atoms with van der Waals surface area (Å²) in [6.45, 7) is 7.72. The fourth-order valence-corrected chi connectivity index (χ4v) is 5.03. The molecule has 3 aromatic carbocycles. The predicted octanol–water partition coefficient (Wildman–Crippen LogP) is 6.16. The normalized spacial score (nSPS) is 19.8. The van der Waals surface area contributed by atoms with E-state index < -0.39 is 23.5 Å². The molecule has 5 rings (SSSR count). The van der Waals surface area contributed by atoms with Crippen LogP contribution in [0.15, 0.2) is 54.6 Å². The Morgan fingerprint density at radius 2 is 1.75 bits per heavy atom. The molecule has 0 aliphatic carbocycles. The number of nitrogens with zero attached hydrogens (tertiary/aromatic N) is 1. The highest BCUT2D eigenvalue weighted by molar-refractivity contribution is 5.95. The van der Waals surface area contributed by atoms with Crippen LogP contribution in [0.5, 0.6) is 23.0 Å². The Balaban J connectivity index is 1.45. The highest BCUT2D eigenvalue weighted by Gasteiger charge is 2.32. The second kappa shape index (κ2) is 9.82. The number of allylic oxidation sites excluding steroid dienone is 1. The number of likely N-dealkylation sites (tertiary alicyclic amines) is 1. The van der Waals surface area contributed by atoms with Gasteiger partial charge in [-0.05, 0) is 73.3 Å². The zero-order chi connectivity index (χ0) is 25.4. The van der Waals surface area contributed by atoms with E-state index in [2.05, 4.69) is 11.8 Å². The highest BCUT2D eigenvalue weighted by atomic mass is 19.2. The van der Waals surface area contributed by atoms with E-state index in [-0.39, 0.29) is 11.3 Å². The van der Waals surface area contributed by atoms with Crippen LogP contribution in [0.1, 0.15) is 43.1 Å². The SMILES string of the molecule is CC1=C(c2ccc(O)c(F)c2F)C(c2ccc(OCCN3CC[C@@H](C)C3)cc2)Oc2cc(O)ccc21. The van der Waals surface area contributed by atoms with E-state index in [1.54, 1.807) is 6.07 Å². The Morgan fingerprint density at radius 3 is 2.47 bits per heavy atom. The van der Waals surface area contributed by atoms with Gasteiger partial charge < -0.3 is 19.7 Å². The van der Waals surface area contributed by atoms with Crippen molar-refractivity contribution >= 4 is 11.1 Å². The Hall–Kier alpha value is -3.58. The molecular weight excluding hydrogens is 464 g/mol. The van der Waals surface area contributed by atoms with Gasteiger partial charge in [0.2, 0.25) is 5.82 Å². The van der Waals surface area contributed by atoms with E-state index in [1.807, 2.05) is 31.2 Å². The number of aromatic hydroxyl groups is 2. The van der Waals surface area contributed by atoms with Crippen LogP contribution in [0, 0.1) is 17.6 Å². The van der Waals surface area contributed by atoms with E-state index in [4.69, 9.17) is 9.47 Å². The second-order valence-corrected chi connectivity index (χ2v) is 9.59. The fraction of sp³-hybridized carbons (Fsp3) is 0.310. The zero-order valence-electron chi connectivity index (χ0n) is 20.3. The maximum atomic E-state index is 15.0. The van der Waals surface area contributed by atoms with Crippen molar-refractivity contribution in [2.24, 2.45) is 5.92 Å². The minimum absolute atomic E-state index is 0.00620. The van der Waals surface area contributed by atoms with Crippen LogP contribution in [0.25, 0.3) is 11.1 Å². The first-order chi connectivity index (χ1) is 17.3. The Kier molecular flexibility index (Phi) is 6.58. The van der Waals surface area contributed by atoms with Gasteiger partial charge in [-0.3, -0.25) is 4.90 Å². The number of ether oxygens (including phenoxy) is 2. The third-order valence-electron chi connectivity index (χ3n) is 7.00. The quantitative estimate of drug-likeness (QED) is 0.431. The molecule has 1 unspecified atom stereocenters. The largest absolute Gasteiger partial charge is 0.508 e. The number of halogens is 2. The molecule has 2 N–H and O–H groups in total. The lowest BCUT2D eigenvalue weighted by atomic mass is 9.85. The molecule has 0 amide bonds. The number of hydrogen-bond donors (Lipinski definition) is 2. The van der Waals surface area contributed by atoms with Gasteiger partial charge in [-0.25, -0.2) is 4.39 Å². The van der Waals surface area contributed by atoms with Gasteiger partial charge in [0.1, 0.15) is 30.0 Å². The Labute approximate surface area is 209 Å². The van der Waals surface area contributed by atoms with Gasteiger partial charge in [-0.1, -0.05) is 19.1 Å². The van der Waals surface area contributed by atoms with Crippen molar-refractivity contribution in [1.29, 1.82) is 0 Å². The first-order valence-corrected chi connectivity index (χ1v) is 12.1. The minimum atomic E-state index is -1.31. The lowest BCUT2D eigenvalue weighted by molar-refractivity contribution is 0.233. The molecule has 5 nitrogen and oxygen atoms in total. The van der Waals surface area contributed by atoms with E-state index in [0.717, 1.165) is 31.6 Å². The molecule has 0 spiro atoms. The van der Waals surface area contributed by atoms with Crippen LogP contribution in [-0.2, 0) is 0 Å². The van der Waals surface area contributed by atoms with Gasteiger partial charge in [0.05, 0.1) is 0 Å². The van der Waals surface area contributed by atoms with Crippen molar-refractivity contribution in [1.82, 2.24) is 4.90 Å². The van der Waals surface area contributed by atoms with Crippen molar-refractivity contribution in [3.63, 3.8) is 0 Å². The second-order valence-electron chi connectivity index (χ2n) is 9.59. The number of phenolic OH excluding ortho intramolecular Hbond substituents is 2. The average molecular weight is 494 g/mol. The number of benzene rings is 3. The number of phenols is 2. The van der Waals surface area contributed by atoms with Crippen LogP contribution in [0.4, 0.5) is 8.78 Å². The molecule has 2 atom stereocenters. The molecular formula is C29H29F2NO4. The molecule has 3 aromatic rings. The topological polar surface area (TPSA) is 62.2 Å². The van der Waals surface area contributed by atoms with Crippen LogP contribution in [0.3, 0.4) is 0 Å². The molecule has 2 aliphatic heterocycles. The Morgan fingerprint density at radius 1 is 1.00 bits per heavy atom. The summed E-state index contributed by atoms with van der Waals surface area (Å²) in [6.07, 6.45) is 0.454. The molecule has 1 fully saturated rings. The summed E-state index contributed by atoms with van der Waals surface area (Å²) < 4.78 is 41.5. The van der Waals surface area contributed by atoms with Gasteiger partial charge in [-0.2, -0.15) is 4.39 Å². The summed E-state index contributed by atoms with van der Waals surface area (Å²) in [5.41, 5.74) is 2.52.